The van der Waals surface area contributed by atoms with E-state index in [-0.39, 0.29) is 12.5 Å². The topological polar surface area (TPSA) is 59.8 Å². The summed E-state index contributed by atoms with van der Waals surface area (Å²) in [6.07, 6.45) is 2.36. The molecule has 0 spiro atoms. The first kappa shape index (κ1) is 16.2. The zero-order valence-electron chi connectivity index (χ0n) is 14.6. The van der Waals surface area contributed by atoms with Gasteiger partial charge < -0.3 is 4.57 Å². The third-order valence-corrected chi connectivity index (χ3v) is 5.80. The maximum atomic E-state index is 12.7. The summed E-state index contributed by atoms with van der Waals surface area (Å²) < 4.78 is 2.06. The number of hydrogen-bond acceptors (Lipinski definition) is 4. The van der Waals surface area contributed by atoms with E-state index in [1.54, 1.807) is 0 Å². The second-order valence-corrected chi connectivity index (χ2v) is 7.82. The van der Waals surface area contributed by atoms with Crippen molar-refractivity contribution in [2.75, 3.05) is 5.32 Å². The number of anilines is 1. The SMILES string of the molecule is O=C(Cn1c(-c2ccccc2)cc2ccccc21)Nc1nnc(C2CC2)s1. The van der Waals surface area contributed by atoms with E-state index in [1.807, 2.05) is 36.4 Å². The Morgan fingerprint density at radius 1 is 1.07 bits per heavy atom. The van der Waals surface area contributed by atoms with Gasteiger partial charge in [0, 0.05) is 22.5 Å². The molecule has 0 aliphatic heterocycles. The number of para-hydroxylation sites is 1. The first-order valence-corrected chi connectivity index (χ1v) is 9.86. The molecular weight excluding hydrogens is 356 g/mol. The van der Waals surface area contributed by atoms with Gasteiger partial charge in [0.1, 0.15) is 11.6 Å². The van der Waals surface area contributed by atoms with Crippen LogP contribution in [0.3, 0.4) is 0 Å². The van der Waals surface area contributed by atoms with Gasteiger partial charge in [-0.15, -0.1) is 10.2 Å². The van der Waals surface area contributed by atoms with Gasteiger partial charge in [0.15, 0.2) is 0 Å². The van der Waals surface area contributed by atoms with Crippen LogP contribution in [0.15, 0.2) is 60.7 Å². The predicted octanol–water partition coefficient (Wildman–Crippen LogP) is 4.68. The van der Waals surface area contributed by atoms with Crippen LogP contribution in [0.5, 0.6) is 0 Å². The van der Waals surface area contributed by atoms with Crippen molar-refractivity contribution >= 4 is 33.3 Å². The number of nitrogens with one attached hydrogen (secondary N) is 1. The van der Waals surface area contributed by atoms with Crippen molar-refractivity contribution in [1.29, 1.82) is 0 Å². The van der Waals surface area contributed by atoms with Crippen LogP contribution >= 0.6 is 11.3 Å². The number of carbonyl (C=O) groups excluding carboxylic acids is 1. The van der Waals surface area contributed by atoms with E-state index in [0.29, 0.717) is 11.0 Å². The van der Waals surface area contributed by atoms with Crippen molar-refractivity contribution in [3.63, 3.8) is 0 Å². The fourth-order valence-corrected chi connectivity index (χ4v) is 4.24. The Bertz CT molecular complexity index is 1110. The summed E-state index contributed by atoms with van der Waals surface area (Å²) in [5, 5.41) is 14.0. The molecule has 5 nitrogen and oxygen atoms in total. The Morgan fingerprint density at radius 3 is 2.67 bits per heavy atom. The number of amides is 1. The molecule has 1 N–H and O–H groups in total. The monoisotopic (exact) mass is 374 g/mol. The largest absolute Gasteiger partial charge is 0.331 e. The molecule has 1 amide bonds. The van der Waals surface area contributed by atoms with E-state index >= 15 is 0 Å². The molecule has 2 heterocycles. The standard InChI is InChI=1S/C21H18N4OS/c26-19(22-21-24-23-20(27-21)15-10-11-15)13-25-17-9-5-4-8-16(17)12-18(25)14-6-2-1-3-7-14/h1-9,12,15H,10-11,13H2,(H,22,24,26). The maximum Gasteiger partial charge on any atom is 0.246 e. The minimum Gasteiger partial charge on any atom is -0.331 e. The van der Waals surface area contributed by atoms with Gasteiger partial charge in [-0.1, -0.05) is 59.9 Å². The minimum absolute atomic E-state index is 0.0907. The summed E-state index contributed by atoms with van der Waals surface area (Å²) in [7, 11) is 0. The number of hydrogen-bond donors (Lipinski definition) is 1. The lowest BCUT2D eigenvalue weighted by Crippen LogP contribution is -2.19. The molecule has 0 radical (unpaired) electrons. The van der Waals surface area contributed by atoms with E-state index in [9.17, 15) is 4.79 Å². The lowest BCUT2D eigenvalue weighted by atomic mass is 10.1. The Labute approximate surface area is 160 Å². The number of fused-ring (bicyclic) bond motifs is 1. The molecule has 6 heteroatoms. The zero-order valence-corrected chi connectivity index (χ0v) is 15.4. The zero-order chi connectivity index (χ0) is 18.2. The molecule has 2 aromatic carbocycles. The first-order valence-electron chi connectivity index (χ1n) is 9.05. The summed E-state index contributed by atoms with van der Waals surface area (Å²) in [6, 6.07) is 20.4. The molecule has 0 unspecified atom stereocenters. The summed E-state index contributed by atoms with van der Waals surface area (Å²) >= 11 is 1.49. The van der Waals surface area contributed by atoms with Crippen LogP contribution in [0, 0.1) is 0 Å². The summed E-state index contributed by atoms with van der Waals surface area (Å²) in [5.41, 5.74) is 3.17. The van der Waals surface area contributed by atoms with Crippen molar-refractivity contribution < 1.29 is 4.79 Å². The van der Waals surface area contributed by atoms with Crippen molar-refractivity contribution in [3.05, 3.63) is 65.7 Å². The number of carbonyl (C=O) groups is 1. The molecule has 27 heavy (non-hydrogen) atoms. The fraction of sp³-hybridized carbons (Fsp3) is 0.190. The minimum atomic E-state index is -0.0907. The molecular formula is C21H18N4OS. The van der Waals surface area contributed by atoms with Crippen LogP contribution < -0.4 is 5.32 Å². The molecule has 1 fully saturated rings. The van der Waals surface area contributed by atoms with Crippen molar-refractivity contribution in [2.45, 2.75) is 25.3 Å². The average molecular weight is 374 g/mol. The lowest BCUT2D eigenvalue weighted by Gasteiger charge is -2.10. The third kappa shape index (κ3) is 3.24. The van der Waals surface area contributed by atoms with Gasteiger partial charge in [-0.2, -0.15) is 0 Å². The smallest absolute Gasteiger partial charge is 0.246 e. The van der Waals surface area contributed by atoms with E-state index in [0.717, 1.165) is 27.2 Å². The number of rotatable bonds is 5. The summed E-state index contributed by atoms with van der Waals surface area (Å²) in [6.45, 7) is 0.232. The number of nitrogens with zero attached hydrogens (tertiary/aromatic N) is 3. The van der Waals surface area contributed by atoms with E-state index < -0.39 is 0 Å². The quantitative estimate of drug-likeness (QED) is 0.552. The van der Waals surface area contributed by atoms with Gasteiger partial charge in [0.05, 0.1) is 0 Å². The molecule has 0 bridgehead atoms. The highest BCUT2D eigenvalue weighted by atomic mass is 32.1. The molecule has 4 aromatic rings. The highest BCUT2D eigenvalue weighted by molar-refractivity contribution is 7.15. The Kier molecular flexibility index (Phi) is 3.98. The van der Waals surface area contributed by atoms with E-state index in [4.69, 9.17) is 0 Å². The maximum absolute atomic E-state index is 12.7. The predicted molar refractivity (Wildman–Crippen MR) is 108 cm³/mol. The molecule has 5 rings (SSSR count). The highest BCUT2D eigenvalue weighted by Gasteiger charge is 2.27. The third-order valence-electron chi connectivity index (χ3n) is 4.80. The van der Waals surface area contributed by atoms with Crippen LogP contribution in [0.4, 0.5) is 5.13 Å². The molecule has 134 valence electrons. The van der Waals surface area contributed by atoms with Crippen LogP contribution in [-0.2, 0) is 11.3 Å². The Balaban J connectivity index is 1.45. The second kappa shape index (κ2) is 6.63. The number of benzene rings is 2. The van der Waals surface area contributed by atoms with Crippen molar-refractivity contribution in [1.82, 2.24) is 14.8 Å². The van der Waals surface area contributed by atoms with Gasteiger partial charge in [0.25, 0.3) is 0 Å². The average Bonchev–Trinajstić information content (AvgIpc) is 3.34. The van der Waals surface area contributed by atoms with Gasteiger partial charge in [-0.25, -0.2) is 0 Å². The molecule has 0 saturated heterocycles. The lowest BCUT2D eigenvalue weighted by molar-refractivity contribution is -0.116. The van der Waals surface area contributed by atoms with Gasteiger partial charge in [0.2, 0.25) is 11.0 Å². The first-order chi connectivity index (χ1) is 13.3. The van der Waals surface area contributed by atoms with Crippen molar-refractivity contribution in [3.8, 4) is 11.3 Å². The number of aromatic nitrogens is 3. The molecule has 1 saturated carbocycles. The molecule has 0 atom stereocenters. The van der Waals surface area contributed by atoms with Gasteiger partial charge in [-0.3, -0.25) is 10.1 Å². The van der Waals surface area contributed by atoms with Crippen LogP contribution in [-0.4, -0.2) is 20.7 Å². The second-order valence-electron chi connectivity index (χ2n) is 6.81. The van der Waals surface area contributed by atoms with Gasteiger partial charge in [-0.05, 0) is 30.5 Å². The van der Waals surface area contributed by atoms with Crippen LogP contribution in [0.2, 0.25) is 0 Å². The Morgan fingerprint density at radius 2 is 1.85 bits per heavy atom. The summed E-state index contributed by atoms with van der Waals surface area (Å²) in [4.78, 5) is 12.7. The highest BCUT2D eigenvalue weighted by Crippen LogP contribution is 2.42. The van der Waals surface area contributed by atoms with Gasteiger partial charge >= 0.3 is 0 Å². The molecule has 1 aliphatic carbocycles. The molecule has 1 aliphatic rings. The van der Waals surface area contributed by atoms with E-state index in [1.165, 1.54) is 24.2 Å². The molecule has 2 aromatic heterocycles. The van der Waals surface area contributed by atoms with Crippen LogP contribution in [0.25, 0.3) is 22.2 Å². The van der Waals surface area contributed by atoms with E-state index in [2.05, 4.69) is 44.3 Å². The Hall–Kier alpha value is -2.99. The summed E-state index contributed by atoms with van der Waals surface area (Å²) in [5.74, 6) is 0.457. The van der Waals surface area contributed by atoms with Crippen LogP contribution in [0.1, 0.15) is 23.8 Å². The fourth-order valence-electron chi connectivity index (χ4n) is 3.31. The normalized spacial score (nSPS) is 13.8. The van der Waals surface area contributed by atoms with Crippen molar-refractivity contribution in [2.24, 2.45) is 0 Å².